The maximum atomic E-state index is 11.7. The van der Waals surface area contributed by atoms with E-state index < -0.39 is 0 Å². The number of aryl methyl sites for hydroxylation is 1. The maximum absolute atomic E-state index is 11.7. The highest BCUT2D eigenvalue weighted by atomic mass is 16.2. The molecule has 3 N–H and O–H groups in total. The van der Waals surface area contributed by atoms with E-state index >= 15 is 0 Å². The molecule has 0 saturated carbocycles. The minimum Gasteiger partial charge on any atom is -0.338 e. The normalized spacial score (nSPS) is 9.96. The van der Waals surface area contributed by atoms with E-state index in [1.54, 1.807) is 12.3 Å². The minimum atomic E-state index is -0.296. The lowest BCUT2D eigenvalue weighted by atomic mass is 10.2. The summed E-state index contributed by atoms with van der Waals surface area (Å²) in [6.45, 7) is 2.64. The standard InChI is InChI=1S/C17H20N4O2/c1-13-7-8-15(19-11-13)21-16(22)9-10-18-17(23)20-12-14-5-3-2-4-6-14/h2-8,11H,9-10,12H2,1H3,(H2,18,20,23)(H,19,21,22). The molecule has 0 bridgehead atoms. The van der Waals surface area contributed by atoms with Crippen molar-refractivity contribution in [1.82, 2.24) is 15.6 Å². The molecule has 6 heteroatoms. The van der Waals surface area contributed by atoms with Crippen LogP contribution >= 0.6 is 0 Å². The molecule has 0 unspecified atom stereocenters. The molecular weight excluding hydrogens is 292 g/mol. The molecule has 0 atom stereocenters. The Balaban J connectivity index is 1.63. The topological polar surface area (TPSA) is 83.1 Å². The molecule has 0 fully saturated rings. The van der Waals surface area contributed by atoms with Gasteiger partial charge in [-0.3, -0.25) is 4.79 Å². The Kier molecular flexibility index (Phi) is 6.11. The first-order valence-corrected chi connectivity index (χ1v) is 7.41. The van der Waals surface area contributed by atoms with E-state index in [0.29, 0.717) is 12.4 Å². The quantitative estimate of drug-likeness (QED) is 0.765. The molecule has 1 aromatic carbocycles. The van der Waals surface area contributed by atoms with Gasteiger partial charge in [-0.2, -0.15) is 0 Å². The number of benzene rings is 1. The second-order valence-corrected chi connectivity index (χ2v) is 5.11. The zero-order valence-electron chi connectivity index (χ0n) is 13.0. The molecule has 2 rings (SSSR count). The number of hydrogen-bond donors (Lipinski definition) is 3. The lowest BCUT2D eigenvalue weighted by molar-refractivity contribution is -0.116. The van der Waals surface area contributed by atoms with Gasteiger partial charge in [-0.15, -0.1) is 0 Å². The van der Waals surface area contributed by atoms with E-state index in [1.165, 1.54) is 0 Å². The Bertz CT molecular complexity index is 641. The van der Waals surface area contributed by atoms with E-state index in [2.05, 4.69) is 20.9 Å². The summed E-state index contributed by atoms with van der Waals surface area (Å²) in [6.07, 6.45) is 1.87. The van der Waals surface area contributed by atoms with Crippen LogP contribution in [-0.2, 0) is 11.3 Å². The molecule has 0 saturated heterocycles. The van der Waals surface area contributed by atoms with Crippen LogP contribution in [0.15, 0.2) is 48.7 Å². The second kappa shape index (κ2) is 8.53. The van der Waals surface area contributed by atoms with Crippen molar-refractivity contribution in [2.75, 3.05) is 11.9 Å². The Morgan fingerprint density at radius 1 is 1.04 bits per heavy atom. The third-order valence-electron chi connectivity index (χ3n) is 3.11. The fourth-order valence-corrected chi connectivity index (χ4v) is 1.88. The molecule has 0 aliphatic rings. The van der Waals surface area contributed by atoms with Crippen LogP contribution in [0.4, 0.5) is 10.6 Å². The van der Waals surface area contributed by atoms with Gasteiger partial charge in [0.25, 0.3) is 0 Å². The van der Waals surface area contributed by atoms with Crippen LogP contribution in [0.3, 0.4) is 0 Å². The fourth-order valence-electron chi connectivity index (χ4n) is 1.88. The van der Waals surface area contributed by atoms with Gasteiger partial charge in [0.1, 0.15) is 5.82 Å². The van der Waals surface area contributed by atoms with Gasteiger partial charge in [0.2, 0.25) is 5.91 Å². The first-order valence-electron chi connectivity index (χ1n) is 7.41. The zero-order valence-corrected chi connectivity index (χ0v) is 13.0. The number of hydrogen-bond acceptors (Lipinski definition) is 3. The van der Waals surface area contributed by atoms with Gasteiger partial charge in [0.05, 0.1) is 0 Å². The molecule has 1 aromatic heterocycles. The predicted octanol–water partition coefficient (Wildman–Crippen LogP) is 2.22. The third-order valence-corrected chi connectivity index (χ3v) is 3.11. The maximum Gasteiger partial charge on any atom is 0.315 e. The lowest BCUT2D eigenvalue weighted by Crippen LogP contribution is -2.36. The average Bonchev–Trinajstić information content (AvgIpc) is 2.56. The van der Waals surface area contributed by atoms with Gasteiger partial charge in [0, 0.05) is 25.7 Å². The Morgan fingerprint density at radius 2 is 1.83 bits per heavy atom. The predicted molar refractivity (Wildman–Crippen MR) is 88.9 cm³/mol. The van der Waals surface area contributed by atoms with Crippen LogP contribution in [0.5, 0.6) is 0 Å². The summed E-state index contributed by atoms with van der Waals surface area (Å²) in [5.74, 6) is 0.318. The Hall–Kier alpha value is -2.89. The van der Waals surface area contributed by atoms with E-state index in [1.807, 2.05) is 43.3 Å². The molecule has 2 aromatic rings. The summed E-state index contributed by atoms with van der Waals surface area (Å²) < 4.78 is 0. The van der Waals surface area contributed by atoms with Crippen molar-refractivity contribution in [2.24, 2.45) is 0 Å². The number of aromatic nitrogens is 1. The highest BCUT2D eigenvalue weighted by molar-refractivity contribution is 5.90. The van der Waals surface area contributed by atoms with Gasteiger partial charge in [-0.1, -0.05) is 36.4 Å². The minimum absolute atomic E-state index is 0.189. The number of nitrogens with zero attached hydrogens (tertiary/aromatic N) is 1. The highest BCUT2D eigenvalue weighted by Crippen LogP contribution is 2.03. The Morgan fingerprint density at radius 3 is 2.52 bits per heavy atom. The van der Waals surface area contributed by atoms with Crippen molar-refractivity contribution < 1.29 is 9.59 Å². The van der Waals surface area contributed by atoms with Crippen molar-refractivity contribution in [3.63, 3.8) is 0 Å². The molecule has 3 amide bonds. The summed E-state index contributed by atoms with van der Waals surface area (Å²) in [6, 6.07) is 12.9. The fraction of sp³-hybridized carbons (Fsp3) is 0.235. The van der Waals surface area contributed by atoms with Gasteiger partial charge in [0.15, 0.2) is 0 Å². The number of pyridine rings is 1. The molecule has 23 heavy (non-hydrogen) atoms. The van der Waals surface area contributed by atoms with Gasteiger partial charge >= 0.3 is 6.03 Å². The number of nitrogens with one attached hydrogen (secondary N) is 3. The SMILES string of the molecule is Cc1ccc(NC(=O)CCNC(=O)NCc2ccccc2)nc1. The Labute approximate surface area is 135 Å². The number of urea groups is 1. The first-order chi connectivity index (χ1) is 11.1. The van der Waals surface area contributed by atoms with Crippen molar-refractivity contribution in [1.29, 1.82) is 0 Å². The van der Waals surface area contributed by atoms with Crippen molar-refractivity contribution in [3.8, 4) is 0 Å². The summed E-state index contributed by atoms with van der Waals surface area (Å²) in [4.78, 5) is 27.5. The summed E-state index contributed by atoms with van der Waals surface area (Å²) in [5, 5.41) is 8.06. The molecular formula is C17H20N4O2. The van der Waals surface area contributed by atoms with Gasteiger partial charge in [-0.05, 0) is 24.1 Å². The van der Waals surface area contributed by atoms with Crippen LogP contribution in [0, 0.1) is 6.92 Å². The van der Waals surface area contributed by atoms with Crippen molar-refractivity contribution in [2.45, 2.75) is 19.9 Å². The summed E-state index contributed by atoms with van der Waals surface area (Å²) in [7, 11) is 0. The molecule has 0 aliphatic carbocycles. The second-order valence-electron chi connectivity index (χ2n) is 5.11. The summed E-state index contributed by atoms with van der Waals surface area (Å²) >= 11 is 0. The molecule has 0 radical (unpaired) electrons. The van der Waals surface area contributed by atoms with Crippen LogP contribution in [0.2, 0.25) is 0 Å². The highest BCUT2D eigenvalue weighted by Gasteiger charge is 2.05. The number of rotatable bonds is 6. The first kappa shape index (κ1) is 16.5. The van der Waals surface area contributed by atoms with Crippen LogP contribution in [0.25, 0.3) is 0 Å². The van der Waals surface area contributed by atoms with Crippen LogP contribution < -0.4 is 16.0 Å². The largest absolute Gasteiger partial charge is 0.338 e. The number of anilines is 1. The van der Waals surface area contributed by atoms with Crippen molar-refractivity contribution in [3.05, 3.63) is 59.8 Å². The molecule has 1 heterocycles. The molecule has 6 nitrogen and oxygen atoms in total. The van der Waals surface area contributed by atoms with Crippen LogP contribution in [0.1, 0.15) is 17.5 Å². The number of carbonyl (C=O) groups is 2. The molecule has 120 valence electrons. The van der Waals surface area contributed by atoms with E-state index in [0.717, 1.165) is 11.1 Å². The smallest absolute Gasteiger partial charge is 0.315 e. The monoisotopic (exact) mass is 312 g/mol. The number of carbonyl (C=O) groups excluding carboxylic acids is 2. The van der Waals surface area contributed by atoms with Crippen molar-refractivity contribution >= 4 is 17.8 Å². The average molecular weight is 312 g/mol. The van der Waals surface area contributed by atoms with E-state index in [9.17, 15) is 9.59 Å². The lowest BCUT2D eigenvalue weighted by Gasteiger charge is -2.08. The molecule has 0 spiro atoms. The van der Waals surface area contributed by atoms with E-state index in [-0.39, 0.29) is 24.9 Å². The zero-order chi connectivity index (χ0) is 16.5. The molecule has 0 aliphatic heterocycles. The van der Waals surface area contributed by atoms with Crippen LogP contribution in [-0.4, -0.2) is 23.5 Å². The van der Waals surface area contributed by atoms with E-state index in [4.69, 9.17) is 0 Å². The summed E-state index contributed by atoms with van der Waals surface area (Å²) in [5.41, 5.74) is 2.05. The number of amides is 3. The van der Waals surface area contributed by atoms with Gasteiger partial charge < -0.3 is 16.0 Å². The third kappa shape index (κ3) is 6.17. The van der Waals surface area contributed by atoms with Gasteiger partial charge in [-0.25, -0.2) is 9.78 Å².